The Kier molecular flexibility index (Phi) is 4.49. The van der Waals surface area contributed by atoms with E-state index in [1.54, 1.807) is 11.3 Å². The Hall–Kier alpha value is -0.770. The molecule has 18 heavy (non-hydrogen) atoms. The Morgan fingerprint density at radius 1 is 1.22 bits per heavy atom. The van der Waals surface area contributed by atoms with Crippen molar-refractivity contribution in [2.45, 2.75) is 19.3 Å². The van der Waals surface area contributed by atoms with E-state index < -0.39 is 0 Å². The van der Waals surface area contributed by atoms with Gasteiger partial charge in [0, 0.05) is 17.0 Å². The summed E-state index contributed by atoms with van der Waals surface area (Å²) in [6, 6.07) is 7.89. The number of aryl methyl sites for hydroxylation is 1. The van der Waals surface area contributed by atoms with Gasteiger partial charge in [0.1, 0.15) is 10.8 Å². The summed E-state index contributed by atoms with van der Waals surface area (Å²) >= 11 is 7.96. The fourth-order valence-electron chi connectivity index (χ4n) is 2.03. The number of fused-ring (bicyclic) bond motifs is 1. The highest BCUT2D eigenvalue weighted by atomic mass is 35.5. The number of nitrogens with zero attached hydrogens (tertiary/aromatic N) is 1. The molecule has 1 aliphatic heterocycles. The van der Waals surface area contributed by atoms with Crippen LogP contribution >= 0.6 is 35.3 Å². The minimum Gasteiger partial charge on any atom is -0.369 e. The van der Waals surface area contributed by atoms with Crippen molar-refractivity contribution >= 4 is 41.2 Å². The second-order valence-corrected chi connectivity index (χ2v) is 5.65. The lowest BCUT2D eigenvalue weighted by atomic mass is 10.2. The van der Waals surface area contributed by atoms with Crippen molar-refractivity contribution < 1.29 is 0 Å². The van der Waals surface area contributed by atoms with Crippen molar-refractivity contribution in [1.82, 2.24) is 4.98 Å². The molecule has 2 heterocycles. The molecule has 0 saturated heterocycles. The minimum atomic E-state index is 0. The number of thiazole rings is 1. The first-order chi connectivity index (χ1) is 8.34. The van der Waals surface area contributed by atoms with Crippen molar-refractivity contribution in [3.05, 3.63) is 34.2 Å². The fourth-order valence-corrected chi connectivity index (χ4v) is 3.43. The lowest BCUT2D eigenvalue weighted by Gasteiger charge is -2.00. The molecule has 96 valence electrons. The van der Waals surface area contributed by atoms with Crippen molar-refractivity contribution in [3.8, 4) is 10.6 Å². The molecule has 1 N–H and O–H groups in total. The zero-order valence-corrected chi connectivity index (χ0v) is 12.2. The standard InChI is InChI=1S/C13H13ClN2S.ClH/c14-10-6-2-1-5-9(10)13-16-12-11(17-13)7-3-4-8-15-12;/h1-2,5-6,15H,3-4,7-8H2;1H. The number of nitrogens with one attached hydrogen (secondary N) is 1. The molecule has 5 heteroatoms. The normalized spacial score (nSPS) is 14.1. The van der Waals surface area contributed by atoms with E-state index in [0.29, 0.717) is 0 Å². The second kappa shape index (κ2) is 5.91. The van der Waals surface area contributed by atoms with Crippen molar-refractivity contribution in [1.29, 1.82) is 0 Å². The molecule has 0 bridgehead atoms. The molecule has 2 nitrogen and oxygen atoms in total. The Morgan fingerprint density at radius 3 is 2.89 bits per heavy atom. The SMILES string of the molecule is Cl.Clc1ccccc1-c1nc2c(s1)CCCCN2. The summed E-state index contributed by atoms with van der Waals surface area (Å²) in [6.45, 7) is 1.03. The first kappa shape index (κ1) is 13.7. The third kappa shape index (κ3) is 2.63. The van der Waals surface area contributed by atoms with Gasteiger partial charge < -0.3 is 5.32 Å². The van der Waals surface area contributed by atoms with Gasteiger partial charge in [0.15, 0.2) is 0 Å². The van der Waals surface area contributed by atoms with Gasteiger partial charge in [-0.1, -0.05) is 29.8 Å². The maximum Gasteiger partial charge on any atom is 0.140 e. The molecule has 3 rings (SSSR count). The van der Waals surface area contributed by atoms with Gasteiger partial charge in [0.2, 0.25) is 0 Å². The Labute approximate surface area is 122 Å². The smallest absolute Gasteiger partial charge is 0.140 e. The van der Waals surface area contributed by atoms with E-state index in [0.717, 1.165) is 34.4 Å². The predicted molar refractivity (Wildman–Crippen MR) is 81.2 cm³/mol. The van der Waals surface area contributed by atoms with Crippen LogP contribution in [-0.2, 0) is 6.42 Å². The van der Waals surface area contributed by atoms with E-state index in [4.69, 9.17) is 11.6 Å². The minimum absolute atomic E-state index is 0. The zero-order valence-electron chi connectivity index (χ0n) is 9.78. The topological polar surface area (TPSA) is 24.9 Å². The van der Waals surface area contributed by atoms with E-state index in [9.17, 15) is 0 Å². The maximum absolute atomic E-state index is 6.20. The molecule has 0 atom stereocenters. The predicted octanol–water partition coefficient (Wildman–Crippen LogP) is 4.63. The van der Waals surface area contributed by atoms with Gasteiger partial charge >= 0.3 is 0 Å². The highest BCUT2D eigenvalue weighted by molar-refractivity contribution is 7.15. The number of hydrogen-bond donors (Lipinski definition) is 1. The third-order valence-corrected chi connectivity index (χ3v) is 4.40. The molecular formula is C13H14Cl2N2S. The molecular weight excluding hydrogens is 287 g/mol. The van der Waals surface area contributed by atoms with Gasteiger partial charge in [-0.3, -0.25) is 0 Å². The van der Waals surface area contributed by atoms with Crippen molar-refractivity contribution in [2.24, 2.45) is 0 Å². The number of anilines is 1. The van der Waals surface area contributed by atoms with Crippen LogP contribution in [0, 0.1) is 0 Å². The van der Waals surface area contributed by atoms with Gasteiger partial charge in [0.25, 0.3) is 0 Å². The van der Waals surface area contributed by atoms with Crippen LogP contribution in [-0.4, -0.2) is 11.5 Å². The average molecular weight is 301 g/mol. The number of benzene rings is 1. The number of halogens is 2. The number of rotatable bonds is 1. The molecule has 0 aliphatic carbocycles. The molecule has 0 fully saturated rings. The lowest BCUT2D eigenvalue weighted by Crippen LogP contribution is -1.99. The quantitative estimate of drug-likeness (QED) is 0.830. The molecule has 1 aromatic heterocycles. The van der Waals surface area contributed by atoms with Crippen molar-refractivity contribution in [3.63, 3.8) is 0 Å². The highest BCUT2D eigenvalue weighted by Crippen LogP contribution is 2.36. The molecule has 0 amide bonds. The van der Waals surface area contributed by atoms with Gasteiger partial charge in [0.05, 0.1) is 5.02 Å². The van der Waals surface area contributed by atoms with E-state index in [-0.39, 0.29) is 12.4 Å². The van der Waals surface area contributed by atoms with E-state index in [1.807, 2.05) is 24.3 Å². The van der Waals surface area contributed by atoms with Crippen LogP contribution in [0.15, 0.2) is 24.3 Å². The Morgan fingerprint density at radius 2 is 2.06 bits per heavy atom. The van der Waals surface area contributed by atoms with Crippen molar-refractivity contribution in [2.75, 3.05) is 11.9 Å². The molecule has 1 aromatic carbocycles. The van der Waals surface area contributed by atoms with Crippen LogP contribution in [0.25, 0.3) is 10.6 Å². The van der Waals surface area contributed by atoms with Crippen LogP contribution in [0.4, 0.5) is 5.82 Å². The van der Waals surface area contributed by atoms with E-state index >= 15 is 0 Å². The van der Waals surface area contributed by atoms with Gasteiger partial charge in [-0.25, -0.2) is 4.98 Å². The van der Waals surface area contributed by atoms with Crippen LogP contribution < -0.4 is 5.32 Å². The number of aromatic nitrogens is 1. The molecule has 0 radical (unpaired) electrons. The molecule has 1 aliphatic rings. The molecule has 0 unspecified atom stereocenters. The van der Waals surface area contributed by atoms with E-state index in [2.05, 4.69) is 10.3 Å². The van der Waals surface area contributed by atoms with Crippen LogP contribution in [0.1, 0.15) is 17.7 Å². The Balaban J connectivity index is 0.00000120. The van der Waals surface area contributed by atoms with Crippen LogP contribution in [0.2, 0.25) is 5.02 Å². The second-order valence-electron chi connectivity index (χ2n) is 4.15. The summed E-state index contributed by atoms with van der Waals surface area (Å²) in [7, 11) is 0. The van der Waals surface area contributed by atoms with Gasteiger partial charge in [-0.15, -0.1) is 23.7 Å². The summed E-state index contributed by atoms with van der Waals surface area (Å²) < 4.78 is 0. The summed E-state index contributed by atoms with van der Waals surface area (Å²) in [4.78, 5) is 6.02. The summed E-state index contributed by atoms with van der Waals surface area (Å²) in [5, 5.41) is 5.19. The molecule has 2 aromatic rings. The first-order valence-electron chi connectivity index (χ1n) is 5.83. The summed E-state index contributed by atoms with van der Waals surface area (Å²) in [5.74, 6) is 1.06. The zero-order chi connectivity index (χ0) is 11.7. The third-order valence-electron chi connectivity index (χ3n) is 2.92. The Bertz CT molecular complexity index is 516. The largest absolute Gasteiger partial charge is 0.369 e. The fraction of sp³-hybridized carbons (Fsp3) is 0.308. The molecule has 0 saturated carbocycles. The summed E-state index contributed by atoms with van der Waals surface area (Å²) in [5.41, 5.74) is 1.04. The van der Waals surface area contributed by atoms with Crippen LogP contribution in [0.5, 0.6) is 0 Å². The lowest BCUT2D eigenvalue weighted by molar-refractivity contribution is 0.790. The monoisotopic (exact) mass is 300 g/mol. The first-order valence-corrected chi connectivity index (χ1v) is 7.02. The van der Waals surface area contributed by atoms with Gasteiger partial charge in [-0.05, 0) is 25.3 Å². The summed E-state index contributed by atoms with van der Waals surface area (Å²) in [6.07, 6.45) is 3.60. The molecule has 0 spiro atoms. The van der Waals surface area contributed by atoms with Crippen LogP contribution in [0.3, 0.4) is 0 Å². The number of hydrogen-bond acceptors (Lipinski definition) is 3. The highest BCUT2D eigenvalue weighted by Gasteiger charge is 2.15. The van der Waals surface area contributed by atoms with Gasteiger partial charge in [-0.2, -0.15) is 0 Å². The van der Waals surface area contributed by atoms with E-state index in [1.165, 1.54) is 17.7 Å². The maximum atomic E-state index is 6.20. The average Bonchev–Trinajstić information content (AvgIpc) is 2.61.